The maximum absolute atomic E-state index is 12.3. The van der Waals surface area contributed by atoms with E-state index in [1.807, 2.05) is 18.2 Å². The Labute approximate surface area is 119 Å². The number of aliphatic hydroxyl groups excluding tert-OH is 1. The summed E-state index contributed by atoms with van der Waals surface area (Å²) in [5, 5.41) is 10.6. The third-order valence-corrected chi connectivity index (χ3v) is 4.25. The lowest BCUT2D eigenvalue weighted by atomic mass is 9.91. The van der Waals surface area contributed by atoms with Crippen LogP contribution in [0.5, 0.6) is 0 Å². The van der Waals surface area contributed by atoms with E-state index >= 15 is 0 Å². The summed E-state index contributed by atoms with van der Waals surface area (Å²) in [5.41, 5.74) is 0.839. The van der Waals surface area contributed by atoms with E-state index in [9.17, 15) is 9.90 Å². The average molecular weight is 282 g/mol. The van der Waals surface area contributed by atoms with E-state index in [4.69, 9.17) is 11.6 Å². The van der Waals surface area contributed by atoms with Gasteiger partial charge < -0.3 is 10.0 Å². The van der Waals surface area contributed by atoms with E-state index in [2.05, 4.69) is 0 Å². The maximum Gasteiger partial charge on any atom is 0.227 e. The number of amides is 1. The molecule has 3 nitrogen and oxygen atoms in total. The molecule has 0 bridgehead atoms. The first-order valence-electron chi connectivity index (χ1n) is 6.76. The Morgan fingerprint density at radius 2 is 2.05 bits per heavy atom. The van der Waals surface area contributed by atoms with Gasteiger partial charge in [0, 0.05) is 12.1 Å². The zero-order valence-corrected chi connectivity index (χ0v) is 11.9. The standard InChI is InChI=1S/C15H20ClNO2/c1-17(13-8-4-5-9-14(13)18)15(19)10-11-6-2-3-7-12(11)16/h2-3,6-7,13-14,18H,4-5,8-10H2,1H3/t13-,14-/m1/s1. The number of benzene rings is 1. The van der Waals surface area contributed by atoms with Gasteiger partial charge in [0.25, 0.3) is 0 Å². The number of hydrogen-bond donors (Lipinski definition) is 1. The number of rotatable bonds is 3. The molecule has 1 aliphatic rings. The van der Waals surface area contributed by atoms with Gasteiger partial charge in [-0.15, -0.1) is 0 Å². The minimum absolute atomic E-state index is 0.0130. The van der Waals surface area contributed by atoms with Crippen molar-refractivity contribution in [1.82, 2.24) is 4.90 Å². The highest BCUT2D eigenvalue weighted by molar-refractivity contribution is 6.31. The fraction of sp³-hybridized carbons (Fsp3) is 0.533. The second-order valence-electron chi connectivity index (χ2n) is 5.19. The van der Waals surface area contributed by atoms with Crippen LogP contribution in [0.15, 0.2) is 24.3 Å². The molecule has 1 aromatic rings. The first-order valence-corrected chi connectivity index (χ1v) is 7.14. The molecular formula is C15H20ClNO2. The summed E-state index contributed by atoms with van der Waals surface area (Å²) in [4.78, 5) is 14.0. The quantitative estimate of drug-likeness (QED) is 0.925. The van der Waals surface area contributed by atoms with E-state index in [1.54, 1.807) is 18.0 Å². The summed E-state index contributed by atoms with van der Waals surface area (Å²) >= 11 is 6.07. The summed E-state index contributed by atoms with van der Waals surface area (Å²) < 4.78 is 0. The molecule has 1 aromatic carbocycles. The van der Waals surface area contributed by atoms with Crippen LogP contribution in [0.4, 0.5) is 0 Å². The van der Waals surface area contributed by atoms with Crippen LogP contribution in [0.1, 0.15) is 31.2 Å². The molecule has 0 saturated heterocycles. The van der Waals surface area contributed by atoms with Crippen LogP contribution < -0.4 is 0 Å². The number of likely N-dealkylation sites (N-methyl/N-ethyl adjacent to an activating group) is 1. The third-order valence-electron chi connectivity index (χ3n) is 3.88. The lowest BCUT2D eigenvalue weighted by Crippen LogP contribution is -2.46. The lowest BCUT2D eigenvalue weighted by molar-refractivity contribution is -0.134. The van der Waals surface area contributed by atoms with E-state index in [0.29, 0.717) is 11.4 Å². The summed E-state index contributed by atoms with van der Waals surface area (Å²) in [6, 6.07) is 7.34. The van der Waals surface area contributed by atoms with Crippen molar-refractivity contribution in [3.63, 3.8) is 0 Å². The number of aliphatic hydroxyl groups is 1. The molecule has 2 atom stereocenters. The van der Waals surface area contributed by atoms with E-state index < -0.39 is 6.10 Å². The van der Waals surface area contributed by atoms with Crippen molar-refractivity contribution >= 4 is 17.5 Å². The highest BCUT2D eigenvalue weighted by Crippen LogP contribution is 2.23. The molecule has 1 amide bonds. The number of halogens is 1. The molecular weight excluding hydrogens is 262 g/mol. The molecule has 0 spiro atoms. The van der Waals surface area contributed by atoms with Gasteiger partial charge in [-0.25, -0.2) is 0 Å². The first-order chi connectivity index (χ1) is 9.09. The molecule has 0 aromatic heterocycles. The zero-order valence-electron chi connectivity index (χ0n) is 11.2. The third kappa shape index (κ3) is 3.48. The summed E-state index contributed by atoms with van der Waals surface area (Å²) in [7, 11) is 1.78. The van der Waals surface area contributed by atoms with Crippen molar-refractivity contribution in [1.29, 1.82) is 0 Å². The van der Waals surface area contributed by atoms with Gasteiger partial charge in [0.15, 0.2) is 0 Å². The zero-order chi connectivity index (χ0) is 13.8. The van der Waals surface area contributed by atoms with Crippen molar-refractivity contribution in [2.45, 2.75) is 44.2 Å². The Morgan fingerprint density at radius 3 is 2.74 bits per heavy atom. The molecule has 104 valence electrons. The molecule has 2 rings (SSSR count). The predicted octanol–water partition coefficient (Wildman–Crippen LogP) is 2.64. The Kier molecular flexibility index (Phi) is 4.83. The predicted molar refractivity (Wildman–Crippen MR) is 76.2 cm³/mol. The molecule has 19 heavy (non-hydrogen) atoms. The highest BCUT2D eigenvalue weighted by atomic mass is 35.5. The van der Waals surface area contributed by atoms with Gasteiger partial charge in [-0.1, -0.05) is 42.6 Å². The Bertz CT molecular complexity index is 450. The molecule has 0 unspecified atom stereocenters. The number of carbonyl (C=O) groups is 1. The minimum Gasteiger partial charge on any atom is -0.391 e. The Hall–Kier alpha value is -1.06. The molecule has 1 fully saturated rings. The second-order valence-corrected chi connectivity index (χ2v) is 5.60. The topological polar surface area (TPSA) is 40.5 Å². The SMILES string of the molecule is CN(C(=O)Cc1ccccc1Cl)[C@@H]1CCCC[C@H]1O. The van der Waals surface area contributed by atoms with E-state index in [1.165, 1.54) is 0 Å². The number of hydrogen-bond acceptors (Lipinski definition) is 2. The van der Waals surface area contributed by atoms with Crippen LogP contribution in [-0.4, -0.2) is 35.1 Å². The van der Waals surface area contributed by atoms with Crippen LogP contribution in [-0.2, 0) is 11.2 Å². The maximum atomic E-state index is 12.3. The van der Waals surface area contributed by atoms with Gasteiger partial charge in [0.1, 0.15) is 0 Å². The molecule has 0 aliphatic heterocycles. The fourth-order valence-electron chi connectivity index (χ4n) is 2.66. The lowest BCUT2D eigenvalue weighted by Gasteiger charge is -2.35. The van der Waals surface area contributed by atoms with Gasteiger partial charge in [-0.2, -0.15) is 0 Å². The second kappa shape index (κ2) is 6.40. The molecule has 0 radical (unpaired) electrons. The van der Waals surface area contributed by atoms with Crippen LogP contribution in [0.3, 0.4) is 0 Å². The Balaban J connectivity index is 2.01. The van der Waals surface area contributed by atoms with Crippen LogP contribution >= 0.6 is 11.6 Å². The van der Waals surface area contributed by atoms with Crippen molar-refractivity contribution < 1.29 is 9.90 Å². The monoisotopic (exact) mass is 281 g/mol. The van der Waals surface area contributed by atoms with Crippen LogP contribution in [0.25, 0.3) is 0 Å². The average Bonchev–Trinajstić information content (AvgIpc) is 2.41. The van der Waals surface area contributed by atoms with Gasteiger partial charge in [-0.05, 0) is 24.5 Å². The van der Waals surface area contributed by atoms with Gasteiger partial charge in [0.2, 0.25) is 5.91 Å². The fourth-order valence-corrected chi connectivity index (χ4v) is 2.86. The van der Waals surface area contributed by atoms with Crippen molar-refractivity contribution in [3.8, 4) is 0 Å². The highest BCUT2D eigenvalue weighted by Gasteiger charge is 2.29. The molecule has 1 N–H and O–H groups in total. The van der Waals surface area contributed by atoms with Gasteiger partial charge in [0.05, 0.1) is 18.6 Å². The number of nitrogens with zero attached hydrogens (tertiary/aromatic N) is 1. The summed E-state index contributed by atoms with van der Waals surface area (Å²) in [6.45, 7) is 0. The summed E-state index contributed by atoms with van der Waals surface area (Å²) in [6.07, 6.45) is 3.68. The van der Waals surface area contributed by atoms with E-state index in [0.717, 1.165) is 31.2 Å². The van der Waals surface area contributed by atoms with Crippen molar-refractivity contribution in [2.75, 3.05) is 7.05 Å². The van der Waals surface area contributed by atoms with Crippen molar-refractivity contribution in [3.05, 3.63) is 34.9 Å². The molecule has 0 heterocycles. The smallest absolute Gasteiger partial charge is 0.227 e. The first kappa shape index (κ1) is 14.4. The van der Waals surface area contributed by atoms with Crippen LogP contribution in [0.2, 0.25) is 5.02 Å². The minimum atomic E-state index is -0.394. The number of carbonyl (C=O) groups excluding carboxylic acids is 1. The van der Waals surface area contributed by atoms with E-state index in [-0.39, 0.29) is 11.9 Å². The largest absolute Gasteiger partial charge is 0.391 e. The van der Waals surface area contributed by atoms with Gasteiger partial charge >= 0.3 is 0 Å². The summed E-state index contributed by atoms with van der Waals surface area (Å²) in [5.74, 6) is 0.0130. The molecule has 4 heteroatoms. The van der Waals surface area contributed by atoms with Gasteiger partial charge in [-0.3, -0.25) is 4.79 Å². The Morgan fingerprint density at radius 1 is 1.37 bits per heavy atom. The molecule has 1 aliphatic carbocycles. The normalized spacial score (nSPS) is 23.1. The molecule has 1 saturated carbocycles. The van der Waals surface area contributed by atoms with Crippen molar-refractivity contribution in [2.24, 2.45) is 0 Å². The van der Waals surface area contributed by atoms with Crippen LogP contribution in [0, 0.1) is 0 Å².